The minimum Gasteiger partial charge on any atom is -0.473 e. The Balaban J connectivity index is 0.000000211. The molecule has 3 heteroatoms. The quantitative estimate of drug-likeness (QED) is 0.514. The summed E-state index contributed by atoms with van der Waals surface area (Å²) >= 11 is 0. The molecule has 0 bridgehead atoms. The number of ether oxygens (including phenoxy) is 1. The number of carbonyl (C=O) groups is 1. The lowest BCUT2D eigenvalue weighted by atomic mass is 10.4. The van der Waals surface area contributed by atoms with E-state index < -0.39 is 0 Å². The highest BCUT2D eigenvalue weighted by Crippen LogP contribution is 1.83. The minimum atomic E-state index is 0.482. The zero-order valence-electron chi connectivity index (χ0n) is 7.23. The molecule has 1 heterocycles. The van der Waals surface area contributed by atoms with E-state index in [1.54, 1.807) is 12.5 Å². The molecular weight excluding hydrogens is 156 g/mol. The van der Waals surface area contributed by atoms with Crippen LogP contribution in [0, 0.1) is 0 Å². The molecule has 3 nitrogen and oxygen atoms in total. The van der Waals surface area contributed by atoms with Crippen LogP contribution in [0.3, 0.4) is 0 Å². The maximum atomic E-state index is 9.46. The maximum Gasteiger partial charge on any atom is 0.293 e. The molecule has 68 valence electrons. The summed E-state index contributed by atoms with van der Waals surface area (Å²) in [5, 5.41) is 0. The van der Waals surface area contributed by atoms with Crippen LogP contribution in [-0.2, 0) is 9.53 Å². The highest BCUT2D eigenvalue weighted by molar-refractivity contribution is 5.36. The Morgan fingerprint density at radius 3 is 2.42 bits per heavy atom. The van der Waals surface area contributed by atoms with Gasteiger partial charge < -0.3 is 9.15 Å². The van der Waals surface area contributed by atoms with Crippen molar-refractivity contribution in [3.05, 3.63) is 24.7 Å². The molecular formula is C9H14O3. The van der Waals surface area contributed by atoms with Gasteiger partial charge in [-0.1, -0.05) is 13.3 Å². The van der Waals surface area contributed by atoms with Crippen molar-refractivity contribution in [1.82, 2.24) is 0 Å². The molecule has 0 spiro atoms. The second kappa shape index (κ2) is 9.75. The van der Waals surface area contributed by atoms with E-state index in [2.05, 4.69) is 9.15 Å². The first-order valence-electron chi connectivity index (χ1n) is 3.94. The molecule has 0 unspecified atom stereocenters. The molecule has 1 aromatic heterocycles. The van der Waals surface area contributed by atoms with E-state index in [1.165, 1.54) is 0 Å². The van der Waals surface area contributed by atoms with E-state index in [-0.39, 0.29) is 0 Å². The van der Waals surface area contributed by atoms with Crippen LogP contribution in [0.15, 0.2) is 29.1 Å². The van der Waals surface area contributed by atoms with Crippen LogP contribution >= 0.6 is 0 Å². The number of hydrogen-bond acceptors (Lipinski definition) is 3. The lowest BCUT2D eigenvalue weighted by Crippen LogP contribution is -1.88. The largest absolute Gasteiger partial charge is 0.473 e. The van der Waals surface area contributed by atoms with Crippen LogP contribution in [-0.4, -0.2) is 13.1 Å². The summed E-state index contributed by atoms with van der Waals surface area (Å²) in [4.78, 5) is 9.46. The summed E-state index contributed by atoms with van der Waals surface area (Å²) in [6.07, 6.45) is 5.30. The van der Waals surface area contributed by atoms with Crippen LogP contribution in [0.1, 0.15) is 19.8 Å². The van der Waals surface area contributed by atoms with Gasteiger partial charge in [-0.2, -0.15) is 0 Å². The zero-order valence-corrected chi connectivity index (χ0v) is 7.23. The maximum absolute atomic E-state index is 9.46. The molecule has 0 aliphatic rings. The third-order valence-corrected chi connectivity index (χ3v) is 1.11. The lowest BCUT2D eigenvalue weighted by molar-refractivity contribution is -0.128. The van der Waals surface area contributed by atoms with E-state index in [0.29, 0.717) is 13.1 Å². The van der Waals surface area contributed by atoms with Gasteiger partial charge in [0.1, 0.15) is 0 Å². The molecule has 0 fully saturated rings. The van der Waals surface area contributed by atoms with E-state index in [4.69, 9.17) is 0 Å². The molecule has 0 aliphatic heterocycles. The normalized spacial score (nSPS) is 8.08. The van der Waals surface area contributed by atoms with Gasteiger partial charge in [-0.05, 0) is 18.6 Å². The predicted octanol–water partition coefficient (Wildman–Crippen LogP) is 2.24. The predicted molar refractivity (Wildman–Crippen MR) is 45.6 cm³/mol. The second-order valence-electron chi connectivity index (χ2n) is 2.11. The van der Waals surface area contributed by atoms with Crippen LogP contribution in [0.4, 0.5) is 0 Å². The van der Waals surface area contributed by atoms with Gasteiger partial charge in [0.25, 0.3) is 6.47 Å². The number of rotatable bonds is 4. The highest BCUT2D eigenvalue weighted by Gasteiger charge is 1.78. The molecule has 1 aromatic rings. The Hall–Kier alpha value is -1.25. The van der Waals surface area contributed by atoms with Gasteiger partial charge in [0.15, 0.2) is 0 Å². The van der Waals surface area contributed by atoms with Crippen molar-refractivity contribution < 1.29 is 13.9 Å². The second-order valence-corrected chi connectivity index (χ2v) is 2.11. The first-order valence-corrected chi connectivity index (χ1v) is 3.94. The Kier molecular flexibility index (Phi) is 8.73. The smallest absolute Gasteiger partial charge is 0.293 e. The number of furan rings is 1. The van der Waals surface area contributed by atoms with E-state index >= 15 is 0 Å². The molecule has 1 rings (SSSR count). The van der Waals surface area contributed by atoms with Crippen molar-refractivity contribution in [2.24, 2.45) is 0 Å². The molecule has 0 radical (unpaired) electrons. The number of carbonyl (C=O) groups excluding carboxylic acids is 1. The fraction of sp³-hybridized carbons (Fsp3) is 0.444. The van der Waals surface area contributed by atoms with E-state index in [9.17, 15) is 4.79 Å². The van der Waals surface area contributed by atoms with Crippen LogP contribution in [0.5, 0.6) is 0 Å². The van der Waals surface area contributed by atoms with Crippen molar-refractivity contribution in [2.45, 2.75) is 19.8 Å². The van der Waals surface area contributed by atoms with Crippen LogP contribution < -0.4 is 0 Å². The standard InChI is InChI=1S/C5H10O2.C4H4O/c1-2-3-4-7-5-6;1-2-4-5-3-1/h5H,2-4H2,1H3;1-4H. The van der Waals surface area contributed by atoms with Gasteiger partial charge in [-0.25, -0.2) is 0 Å². The Morgan fingerprint density at radius 2 is 2.08 bits per heavy atom. The van der Waals surface area contributed by atoms with Crippen molar-refractivity contribution >= 4 is 6.47 Å². The summed E-state index contributed by atoms with van der Waals surface area (Å²) in [5.41, 5.74) is 0. The van der Waals surface area contributed by atoms with Gasteiger partial charge >= 0.3 is 0 Å². The van der Waals surface area contributed by atoms with E-state index in [1.807, 2.05) is 19.1 Å². The Bertz CT molecular complexity index is 141. The molecule has 0 aliphatic carbocycles. The van der Waals surface area contributed by atoms with Gasteiger partial charge in [0, 0.05) is 0 Å². The van der Waals surface area contributed by atoms with Gasteiger partial charge in [-0.15, -0.1) is 0 Å². The van der Waals surface area contributed by atoms with Crippen molar-refractivity contribution in [2.75, 3.05) is 6.61 Å². The molecule has 0 amide bonds. The Labute approximate surface area is 72.3 Å². The lowest BCUT2D eigenvalue weighted by Gasteiger charge is -1.90. The Morgan fingerprint density at radius 1 is 1.42 bits per heavy atom. The third kappa shape index (κ3) is 8.75. The van der Waals surface area contributed by atoms with Crippen molar-refractivity contribution in [3.63, 3.8) is 0 Å². The average molecular weight is 170 g/mol. The zero-order chi connectivity index (χ0) is 9.07. The fourth-order valence-electron chi connectivity index (χ4n) is 0.503. The van der Waals surface area contributed by atoms with Crippen LogP contribution in [0.2, 0.25) is 0 Å². The molecule has 12 heavy (non-hydrogen) atoms. The topological polar surface area (TPSA) is 39.4 Å². The third-order valence-electron chi connectivity index (χ3n) is 1.11. The summed E-state index contributed by atoms with van der Waals surface area (Å²) in [7, 11) is 0. The highest BCUT2D eigenvalue weighted by atomic mass is 16.5. The van der Waals surface area contributed by atoms with Gasteiger partial charge in [0.2, 0.25) is 0 Å². The first kappa shape index (κ1) is 10.8. The summed E-state index contributed by atoms with van der Waals surface area (Å²) in [5.74, 6) is 0. The van der Waals surface area contributed by atoms with Crippen molar-refractivity contribution in [1.29, 1.82) is 0 Å². The molecule has 0 atom stereocenters. The van der Waals surface area contributed by atoms with Gasteiger partial charge in [0.05, 0.1) is 19.1 Å². The minimum absolute atomic E-state index is 0.482. The van der Waals surface area contributed by atoms with Crippen LogP contribution in [0.25, 0.3) is 0 Å². The van der Waals surface area contributed by atoms with E-state index in [0.717, 1.165) is 12.8 Å². The number of hydrogen-bond donors (Lipinski definition) is 0. The van der Waals surface area contributed by atoms with Gasteiger partial charge in [-0.3, -0.25) is 4.79 Å². The summed E-state index contributed by atoms with van der Waals surface area (Å²) in [6.45, 7) is 3.10. The molecule has 0 aromatic carbocycles. The monoisotopic (exact) mass is 170 g/mol. The molecule has 0 saturated carbocycles. The number of unbranched alkanes of at least 4 members (excludes halogenated alkanes) is 1. The fourth-order valence-corrected chi connectivity index (χ4v) is 0.503. The average Bonchev–Trinajstić information content (AvgIpc) is 2.62. The first-order chi connectivity index (χ1) is 5.91. The SMILES string of the molecule is CCCCOC=O.c1ccoc1. The van der Waals surface area contributed by atoms with Crippen molar-refractivity contribution in [3.8, 4) is 0 Å². The summed E-state index contributed by atoms with van der Waals surface area (Å²) < 4.78 is 8.98. The summed E-state index contributed by atoms with van der Waals surface area (Å²) in [6, 6.07) is 3.67. The molecule has 0 saturated heterocycles. The molecule has 0 N–H and O–H groups in total.